The highest BCUT2D eigenvalue weighted by Gasteiger charge is 2.39. The number of halogens is 1. The molecule has 11 heteroatoms. The van der Waals surface area contributed by atoms with Gasteiger partial charge in [0.2, 0.25) is 0 Å². The number of anilines is 1. The van der Waals surface area contributed by atoms with Gasteiger partial charge >= 0.3 is 6.09 Å². The van der Waals surface area contributed by atoms with Crippen LogP contribution in [0.5, 0.6) is 0 Å². The van der Waals surface area contributed by atoms with Crippen molar-refractivity contribution >= 4 is 23.6 Å². The highest BCUT2D eigenvalue weighted by Crippen LogP contribution is 2.34. The van der Waals surface area contributed by atoms with Gasteiger partial charge in [0.25, 0.3) is 5.91 Å². The first-order chi connectivity index (χ1) is 18.6. The lowest BCUT2D eigenvalue weighted by atomic mass is 10.0. The molecule has 0 atom stereocenters. The van der Waals surface area contributed by atoms with E-state index in [9.17, 15) is 24.0 Å². The number of hydrogen-bond acceptors (Lipinski definition) is 8. The Hall–Kier alpha value is -4.59. The summed E-state index contributed by atoms with van der Waals surface area (Å²) < 4.78 is 21.9. The number of fused-ring (bicyclic) bond motifs is 1. The lowest BCUT2D eigenvalue weighted by molar-refractivity contribution is -0.117. The van der Waals surface area contributed by atoms with Crippen LogP contribution in [0.15, 0.2) is 36.5 Å². The molecule has 2 aliphatic heterocycles. The van der Waals surface area contributed by atoms with Crippen LogP contribution in [0.1, 0.15) is 61.6 Å². The van der Waals surface area contributed by atoms with Gasteiger partial charge < -0.3 is 9.64 Å². The molecule has 0 N–H and O–H groups in total. The third kappa shape index (κ3) is 5.10. The molecule has 0 bridgehead atoms. The molecule has 2 aliphatic rings. The highest BCUT2D eigenvalue weighted by atomic mass is 19.1. The maximum Gasteiger partial charge on any atom is 0.417 e. The van der Waals surface area contributed by atoms with E-state index in [1.54, 1.807) is 33.0 Å². The van der Waals surface area contributed by atoms with Gasteiger partial charge in [0, 0.05) is 25.2 Å². The molecule has 0 unspecified atom stereocenters. The van der Waals surface area contributed by atoms with Crippen molar-refractivity contribution in [3.05, 3.63) is 59.2 Å². The molecule has 1 saturated heterocycles. The molecule has 10 nitrogen and oxygen atoms in total. The standard InChI is InChI=1S/C28H27FN6O4/c1-28(2,3)39-27(38)34-16-21-25(26(34)37)22(13-20(31-21)24-17(14-30)7-6-9-19(24)29)35-12-10-23(32-35)33-11-5-4-8-18(36)15-33/h6-7,9-10,12-13H,4-5,8,11,15-16H2,1-3H3. The Morgan fingerprint density at radius 2 is 1.92 bits per heavy atom. The Bertz CT molecular complexity index is 1530. The summed E-state index contributed by atoms with van der Waals surface area (Å²) in [7, 11) is 0. The molecule has 0 radical (unpaired) electrons. The molecular formula is C28H27FN6O4. The summed E-state index contributed by atoms with van der Waals surface area (Å²) in [6.07, 6.45) is 3.00. The molecule has 2 aromatic heterocycles. The first-order valence-electron chi connectivity index (χ1n) is 12.7. The third-order valence-corrected chi connectivity index (χ3v) is 6.49. The van der Waals surface area contributed by atoms with Crippen LogP contribution in [-0.2, 0) is 16.1 Å². The van der Waals surface area contributed by atoms with E-state index in [-0.39, 0.29) is 52.6 Å². The Balaban J connectivity index is 1.63. The van der Waals surface area contributed by atoms with Gasteiger partial charge in [-0.25, -0.2) is 23.8 Å². The maximum absolute atomic E-state index is 15.0. The summed E-state index contributed by atoms with van der Waals surface area (Å²) in [5.74, 6) is -0.592. The van der Waals surface area contributed by atoms with E-state index in [1.165, 1.54) is 28.9 Å². The zero-order chi connectivity index (χ0) is 27.9. The van der Waals surface area contributed by atoms with Gasteiger partial charge in [-0.1, -0.05) is 6.07 Å². The van der Waals surface area contributed by atoms with Gasteiger partial charge in [0.05, 0.1) is 52.9 Å². The van der Waals surface area contributed by atoms with Crippen LogP contribution in [0, 0.1) is 17.1 Å². The van der Waals surface area contributed by atoms with Crippen molar-refractivity contribution in [1.82, 2.24) is 19.7 Å². The number of carbonyl (C=O) groups excluding carboxylic acids is 3. The van der Waals surface area contributed by atoms with E-state index in [2.05, 4.69) is 10.1 Å². The summed E-state index contributed by atoms with van der Waals surface area (Å²) in [5.41, 5.74) is -0.0220. The number of imide groups is 1. The number of ether oxygens (including phenoxy) is 1. The van der Waals surface area contributed by atoms with Crippen LogP contribution in [0.2, 0.25) is 0 Å². The van der Waals surface area contributed by atoms with Gasteiger partial charge in [-0.2, -0.15) is 10.4 Å². The minimum atomic E-state index is -0.829. The van der Waals surface area contributed by atoms with Crippen molar-refractivity contribution in [1.29, 1.82) is 5.26 Å². The second-order valence-corrected chi connectivity index (χ2v) is 10.5. The summed E-state index contributed by atoms with van der Waals surface area (Å²) in [6, 6.07) is 9.35. The van der Waals surface area contributed by atoms with Crippen LogP contribution >= 0.6 is 0 Å². The summed E-state index contributed by atoms with van der Waals surface area (Å²) >= 11 is 0. The van der Waals surface area contributed by atoms with E-state index in [4.69, 9.17) is 4.74 Å². The van der Waals surface area contributed by atoms with Crippen molar-refractivity contribution in [2.75, 3.05) is 18.0 Å². The van der Waals surface area contributed by atoms with E-state index in [0.29, 0.717) is 18.8 Å². The van der Waals surface area contributed by atoms with E-state index < -0.39 is 23.4 Å². The number of carbonyl (C=O) groups is 3. The molecule has 200 valence electrons. The number of Topliss-reactive ketones (excluding diaryl/α,β-unsaturated/α-hetero) is 1. The average Bonchev–Trinajstić information content (AvgIpc) is 3.43. The lowest BCUT2D eigenvalue weighted by Crippen LogP contribution is -2.37. The largest absolute Gasteiger partial charge is 0.443 e. The topological polar surface area (TPSA) is 121 Å². The predicted octanol–water partition coefficient (Wildman–Crippen LogP) is 4.40. The summed E-state index contributed by atoms with van der Waals surface area (Å²) in [6.45, 7) is 5.80. The smallest absolute Gasteiger partial charge is 0.417 e. The number of rotatable bonds is 3. The fraction of sp³-hybridized carbons (Fsp3) is 0.357. The molecule has 1 fully saturated rings. The molecular weight excluding hydrogens is 503 g/mol. The van der Waals surface area contributed by atoms with Gasteiger partial charge in [0.15, 0.2) is 11.6 Å². The summed E-state index contributed by atoms with van der Waals surface area (Å²) in [4.78, 5) is 45.9. The lowest BCUT2D eigenvalue weighted by Gasteiger charge is -2.23. The minimum absolute atomic E-state index is 0.0160. The van der Waals surface area contributed by atoms with Crippen LogP contribution < -0.4 is 4.90 Å². The molecule has 0 saturated carbocycles. The SMILES string of the molecule is CC(C)(C)OC(=O)N1Cc2nc(-c3c(F)cccc3C#N)cc(-n3ccc(N4CCCCC(=O)C4)n3)c2C1=O. The maximum atomic E-state index is 15.0. The fourth-order valence-electron chi connectivity index (χ4n) is 4.75. The van der Waals surface area contributed by atoms with Gasteiger partial charge in [0.1, 0.15) is 11.4 Å². The van der Waals surface area contributed by atoms with Crippen LogP contribution in [-0.4, -0.2) is 56.1 Å². The molecule has 2 amide bonds. The van der Waals surface area contributed by atoms with Crippen molar-refractivity contribution in [2.24, 2.45) is 0 Å². The Morgan fingerprint density at radius 3 is 2.67 bits per heavy atom. The highest BCUT2D eigenvalue weighted by molar-refractivity contribution is 6.08. The zero-order valence-corrected chi connectivity index (χ0v) is 21.9. The van der Waals surface area contributed by atoms with E-state index in [0.717, 1.165) is 17.7 Å². The van der Waals surface area contributed by atoms with Gasteiger partial charge in [-0.3, -0.25) is 9.59 Å². The number of amides is 2. The van der Waals surface area contributed by atoms with Crippen molar-refractivity contribution < 1.29 is 23.5 Å². The second-order valence-electron chi connectivity index (χ2n) is 10.5. The molecule has 5 rings (SSSR count). The van der Waals surface area contributed by atoms with Crippen molar-refractivity contribution in [3.63, 3.8) is 0 Å². The van der Waals surface area contributed by atoms with Crippen LogP contribution in [0.25, 0.3) is 16.9 Å². The quantitative estimate of drug-likeness (QED) is 0.489. The molecule has 1 aromatic carbocycles. The number of hydrogen-bond donors (Lipinski definition) is 0. The Labute approximate surface area is 224 Å². The Kier molecular flexibility index (Phi) is 6.64. The number of pyridine rings is 1. The van der Waals surface area contributed by atoms with Gasteiger partial charge in [-0.05, 0) is 51.8 Å². The van der Waals surface area contributed by atoms with E-state index >= 15 is 0 Å². The van der Waals surface area contributed by atoms with Crippen LogP contribution in [0.3, 0.4) is 0 Å². The monoisotopic (exact) mass is 530 g/mol. The number of nitriles is 1. The number of aromatic nitrogens is 3. The van der Waals surface area contributed by atoms with E-state index in [1.807, 2.05) is 11.0 Å². The second kappa shape index (κ2) is 9.94. The Morgan fingerprint density at radius 1 is 1.13 bits per heavy atom. The minimum Gasteiger partial charge on any atom is -0.443 e. The molecule has 0 aliphatic carbocycles. The summed E-state index contributed by atoms with van der Waals surface area (Å²) in [5, 5.41) is 14.3. The molecule has 0 spiro atoms. The number of nitrogens with zero attached hydrogens (tertiary/aromatic N) is 6. The normalized spacial score (nSPS) is 15.7. The number of benzene rings is 1. The number of ketones is 1. The fourth-order valence-corrected chi connectivity index (χ4v) is 4.75. The van der Waals surface area contributed by atoms with Crippen molar-refractivity contribution in [3.8, 4) is 23.0 Å². The van der Waals surface area contributed by atoms with Gasteiger partial charge in [-0.15, -0.1) is 0 Å². The first kappa shape index (κ1) is 26.0. The third-order valence-electron chi connectivity index (χ3n) is 6.49. The zero-order valence-electron chi connectivity index (χ0n) is 21.9. The predicted molar refractivity (Wildman–Crippen MR) is 139 cm³/mol. The average molecular weight is 531 g/mol. The molecule has 39 heavy (non-hydrogen) atoms. The van der Waals surface area contributed by atoms with Crippen LogP contribution in [0.4, 0.5) is 15.0 Å². The van der Waals surface area contributed by atoms with Crippen molar-refractivity contribution in [2.45, 2.75) is 52.2 Å². The first-order valence-corrected chi connectivity index (χ1v) is 12.7. The molecule has 3 aromatic rings. The molecule has 4 heterocycles.